The first-order valence-corrected chi connectivity index (χ1v) is 6.11. The largest absolute Gasteiger partial charge is 0.478 e. The molecular formula is C11H12N4O2S. The third kappa shape index (κ3) is 2.40. The predicted molar refractivity (Wildman–Crippen MR) is 69.8 cm³/mol. The summed E-state index contributed by atoms with van der Waals surface area (Å²) in [5.74, 6) is -0.711. The first-order chi connectivity index (χ1) is 8.59. The molecule has 7 heteroatoms. The molecule has 6 nitrogen and oxygen atoms in total. The van der Waals surface area contributed by atoms with Crippen molar-refractivity contribution in [3.05, 3.63) is 34.4 Å². The lowest BCUT2D eigenvalue weighted by atomic mass is 10.2. The van der Waals surface area contributed by atoms with Crippen LogP contribution in [0.25, 0.3) is 0 Å². The highest BCUT2D eigenvalue weighted by Crippen LogP contribution is 2.25. The van der Waals surface area contributed by atoms with Gasteiger partial charge in [-0.05, 0) is 13.0 Å². The molecule has 0 saturated carbocycles. The number of aromatic carboxylic acids is 1. The molecule has 0 bridgehead atoms. The maximum Gasteiger partial charge on any atom is 0.337 e. The van der Waals surface area contributed by atoms with Crippen molar-refractivity contribution in [2.45, 2.75) is 13.0 Å². The average molecular weight is 264 g/mol. The van der Waals surface area contributed by atoms with E-state index in [2.05, 4.69) is 15.3 Å². The van der Waals surface area contributed by atoms with Crippen LogP contribution in [0.4, 0.5) is 11.5 Å². The Morgan fingerprint density at radius 1 is 1.50 bits per heavy atom. The SMILES string of the molecule is CC(Nc1nccc(C(=O)O)c1N)c1nccs1. The molecule has 2 heterocycles. The van der Waals surface area contributed by atoms with E-state index in [9.17, 15) is 4.79 Å². The molecule has 2 rings (SSSR count). The average Bonchev–Trinajstić information content (AvgIpc) is 2.85. The first kappa shape index (κ1) is 12.3. The molecule has 0 saturated heterocycles. The second-order valence-electron chi connectivity index (χ2n) is 3.66. The first-order valence-electron chi connectivity index (χ1n) is 5.23. The number of anilines is 2. The van der Waals surface area contributed by atoms with Gasteiger partial charge < -0.3 is 16.2 Å². The molecule has 2 aromatic heterocycles. The van der Waals surface area contributed by atoms with E-state index in [1.807, 2.05) is 12.3 Å². The summed E-state index contributed by atoms with van der Waals surface area (Å²) in [7, 11) is 0. The van der Waals surface area contributed by atoms with Gasteiger partial charge in [0, 0.05) is 17.8 Å². The maximum atomic E-state index is 10.9. The Kier molecular flexibility index (Phi) is 3.42. The summed E-state index contributed by atoms with van der Waals surface area (Å²) in [5.41, 5.74) is 5.94. The highest BCUT2D eigenvalue weighted by Gasteiger charge is 2.15. The van der Waals surface area contributed by atoms with Gasteiger partial charge >= 0.3 is 5.97 Å². The summed E-state index contributed by atoms with van der Waals surface area (Å²) in [5, 5.41) is 14.8. The number of thiazole rings is 1. The van der Waals surface area contributed by atoms with E-state index in [0.29, 0.717) is 5.82 Å². The van der Waals surface area contributed by atoms with Crippen LogP contribution in [-0.2, 0) is 0 Å². The normalized spacial score (nSPS) is 12.1. The summed E-state index contributed by atoms with van der Waals surface area (Å²) >= 11 is 1.51. The fraction of sp³-hybridized carbons (Fsp3) is 0.182. The predicted octanol–water partition coefficient (Wildman–Crippen LogP) is 1.99. The van der Waals surface area contributed by atoms with E-state index in [0.717, 1.165) is 5.01 Å². The van der Waals surface area contributed by atoms with Crippen LogP contribution >= 0.6 is 11.3 Å². The van der Waals surface area contributed by atoms with E-state index >= 15 is 0 Å². The number of hydrogen-bond donors (Lipinski definition) is 3. The van der Waals surface area contributed by atoms with Crippen LogP contribution in [0.2, 0.25) is 0 Å². The number of rotatable bonds is 4. The summed E-state index contributed by atoms with van der Waals surface area (Å²) in [6.07, 6.45) is 3.12. The molecule has 1 atom stereocenters. The van der Waals surface area contributed by atoms with Gasteiger partial charge in [-0.15, -0.1) is 11.3 Å². The minimum absolute atomic E-state index is 0.0406. The van der Waals surface area contributed by atoms with Crippen LogP contribution in [0, 0.1) is 0 Å². The minimum atomic E-state index is -1.07. The molecule has 0 aliphatic rings. The lowest BCUT2D eigenvalue weighted by Gasteiger charge is -2.14. The van der Waals surface area contributed by atoms with Gasteiger partial charge in [0.05, 0.1) is 17.3 Å². The molecule has 0 radical (unpaired) electrons. The van der Waals surface area contributed by atoms with Gasteiger partial charge in [-0.2, -0.15) is 0 Å². The van der Waals surface area contributed by atoms with E-state index in [4.69, 9.17) is 10.8 Å². The summed E-state index contributed by atoms with van der Waals surface area (Å²) in [4.78, 5) is 19.2. The molecule has 0 aromatic carbocycles. The smallest absolute Gasteiger partial charge is 0.337 e. The van der Waals surface area contributed by atoms with Gasteiger partial charge in [-0.3, -0.25) is 0 Å². The molecule has 1 unspecified atom stereocenters. The van der Waals surface area contributed by atoms with Crippen molar-refractivity contribution in [3.63, 3.8) is 0 Å². The standard InChI is InChI=1S/C11H12N4O2S/c1-6(10-14-4-5-18-10)15-9-8(12)7(11(16)17)2-3-13-9/h2-6H,12H2,1H3,(H,13,15)(H,16,17). The number of carboxylic acid groups (broad SMARTS) is 1. The molecule has 2 aromatic rings. The van der Waals surface area contributed by atoms with Crippen LogP contribution in [0.3, 0.4) is 0 Å². The lowest BCUT2D eigenvalue weighted by molar-refractivity contribution is 0.0698. The summed E-state index contributed by atoms with van der Waals surface area (Å²) in [6, 6.07) is 1.29. The van der Waals surface area contributed by atoms with Crippen molar-refractivity contribution in [1.82, 2.24) is 9.97 Å². The Morgan fingerprint density at radius 3 is 2.89 bits per heavy atom. The van der Waals surface area contributed by atoms with E-state index in [1.54, 1.807) is 6.20 Å². The van der Waals surface area contributed by atoms with Gasteiger partial charge in [0.15, 0.2) is 5.82 Å². The minimum Gasteiger partial charge on any atom is -0.478 e. The zero-order valence-corrected chi connectivity index (χ0v) is 10.4. The quantitative estimate of drug-likeness (QED) is 0.780. The number of nitrogens with zero attached hydrogens (tertiary/aromatic N) is 2. The van der Waals surface area contributed by atoms with Gasteiger partial charge in [0.1, 0.15) is 5.01 Å². The molecular weight excluding hydrogens is 252 g/mol. The van der Waals surface area contributed by atoms with Crippen LogP contribution in [-0.4, -0.2) is 21.0 Å². The number of nitrogen functional groups attached to an aromatic ring is 1. The Hall–Kier alpha value is -2.15. The van der Waals surface area contributed by atoms with Gasteiger partial charge in [0.2, 0.25) is 0 Å². The number of nitrogens with one attached hydrogen (secondary N) is 1. The van der Waals surface area contributed by atoms with Crippen LogP contribution < -0.4 is 11.1 Å². The fourth-order valence-corrected chi connectivity index (χ4v) is 2.14. The molecule has 0 spiro atoms. The fourth-order valence-electron chi connectivity index (χ4n) is 1.49. The highest BCUT2D eigenvalue weighted by molar-refractivity contribution is 7.09. The number of carbonyl (C=O) groups is 1. The van der Waals surface area contributed by atoms with E-state index < -0.39 is 5.97 Å². The summed E-state index contributed by atoms with van der Waals surface area (Å²) < 4.78 is 0. The maximum absolute atomic E-state index is 10.9. The molecule has 0 aliphatic heterocycles. The van der Waals surface area contributed by atoms with Crippen molar-refractivity contribution >= 4 is 28.8 Å². The number of hydrogen-bond acceptors (Lipinski definition) is 6. The number of carboxylic acids is 1. The number of nitrogens with two attached hydrogens (primary N) is 1. The second kappa shape index (κ2) is 5.01. The van der Waals surface area contributed by atoms with Crippen molar-refractivity contribution in [3.8, 4) is 0 Å². The number of aromatic nitrogens is 2. The van der Waals surface area contributed by atoms with Crippen LogP contribution in [0.5, 0.6) is 0 Å². The van der Waals surface area contributed by atoms with Crippen molar-refractivity contribution in [1.29, 1.82) is 0 Å². The van der Waals surface area contributed by atoms with Crippen LogP contribution in [0.1, 0.15) is 28.3 Å². The van der Waals surface area contributed by atoms with Crippen molar-refractivity contribution in [2.24, 2.45) is 0 Å². The molecule has 0 amide bonds. The van der Waals surface area contributed by atoms with Crippen LogP contribution in [0.15, 0.2) is 23.8 Å². The van der Waals surface area contributed by atoms with E-state index in [1.165, 1.54) is 23.6 Å². The Balaban J connectivity index is 2.24. The van der Waals surface area contributed by atoms with Crippen molar-refractivity contribution < 1.29 is 9.90 Å². The summed E-state index contributed by atoms with van der Waals surface area (Å²) in [6.45, 7) is 1.91. The Morgan fingerprint density at radius 2 is 2.28 bits per heavy atom. The third-order valence-corrected chi connectivity index (χ3v) is 3.35. The molecule has 94 valence electrons. The topological polar surface area (TPSA) is 101 Å². The monoisotopic (exact) mass is 264 g/mol. The van der Waals surface area contributed by atoms with E-state index in [-0.39, 0.29) is 17.3 Å². The van der Waals surface area contributed by atoms with Gasteiger partial charge in [-0.1, -0.05) is 0 Å². The third-order valence-electron chi connectivity index (χ3n) is 2.40. The lowest BCUT2D eigenvalue weighted by Crippen LogP contribution is -2.12. The Labute approximate surface area is 108 Å². The van der Waals surface area contributed by atoms with Gasteiger partial charge in [-0.25, -0.2) is 14.8 Å². The molecule has 0 fully saturated rings. The molecule has 4 N–H and O–H groups in total. The Bertz CT molecular complexity index is 556. The zero-order valence-electron chi connectivity index (χ0n) is 9.62. The zero-order chi connectivity index (χ0) is 13.1. The number of pyridine rings is 1. The highest BCUT2D eigenvalue weighted by atomic mass is 32.1. The van der Waals surface area contributed by atoms with Gasteiger partial charge in [0.25, 0.3) is 0 Å². The molecule has 18 heavy (non-hydrogen) atoms. The molecule has 0 aliphatic carbocycles. The van der Waals surface area contributed by atoms with Crippen molar-refractivity contribution in [2.75, 3.05) is 11.1 Å². The second-order valence-corrected chi connectivity index (χ2v) is 4.59.